The van der Waals surface area contributed by atoms with Crippen LogP contribution < -0.4 is 0 Å². The maximum Gasteiger partial charge on any atom is 0.295 e. The van der Waals surface area contributed by atoms with E-state index in [1.54, 1.807) is 0 Å². The average Bonchev–Trinajstić information content (AvgIpc) is 3.05. The van der Waals surface area contributed by atoms with Crippen LogP contribution in [0.25, 0.3) is 5.76 Å². The zero-order chi connectivity index (χ0) is 22.7. The first-order valence-electron chi connectivity index (χ1n) is 10.6. The molecule has 2 aromatic carbocycles. The fourth-order valence-corrected chi connectivity index (χ4v) is 4.15. The van der Waals surface area contributed by atoms with Gasteiger partial charge in [0, 0.05) is 31.7 Å². The molecule has 0 saturated carbocycles. The number of nitrogens with zero attached hydrogens (tertiary/aromatic N) is 2. The van der Waals surface area contributed by atoms with Gasteiger partial charge in [0.15, 0.2) is 0 Å². The summed E-state index contributed by atoms with van der Waals surface area (Å²) in [4.78, 5) is 29.5. The molecular weight excluding hydrogens is 454 g/mol. The van der Waals surface area contributed by atoms with Crippen molar-refractivity contribution in [2.24, 2.45) is 0 Å². The van der Waals surface area contributed by atoms with Crippen molar-refractivity contribution >= 4 is 29.9 Å². The highest BCUT2D eigenvalue weighted by molar-refractivity contribution is 6.46. The molecule has 2 aromatic rings. The summed E-state index contributed by atoms with van der Waals surface area (Å²) in [5, 5.41) is 10.9. The number of benzene rings is 2. The molecule has 33 heavy (non-hydrogen) atoms. The first-order chi connectivity index (χ1) is 15.5. The number of rotatable bonds is 6. The Balaban J connectivity index is 0.00000306. The summed E-state index contributed by atoms with van der Waals surface area (Å²) >= 11 is 0. The minimum Gasteiger partial charge on any atom is -0.507 e. The first kappa shape index (κ1) is 24.8. The minimum absolute atomic E-state index is 0. The SMILES string of the molecule is Cl.O=C1C(=O)N(CCCN2CCOCC2)C(c2ccc(F)cc2)C1=C(O)c1ccc(F)cc1. The number of morpholine rings is 1. The van der Waals surface area contributed by atoms with Gasteiger partial charge in [-0.25, -0.2) is 8.78 Å². The number of hydrogen-bond donors (Lipinski definition) is 1. The second-order valence-corrected chi connectivity index (χ2v) is 7.86. The lowest BCUT2D eigenvalue weighted by atomic mass is 9.95. The summed E-state index contributed by atoms with van der Waals surface area (Å²) in [7, 11) is 0. The topological polar surface area (TPSA) is 70.1 Å². The number of ether oxygens (including phenoxy) is 1. The number of Topliss-reactive ketones (excluding diaryl/α,β-unsaturated/α-hetero) is 1. The number of likely N-dealkylation sites (tertiary alicyclic amines) is 1. The van der Waals surface area contributed by atoms with Crippen LogP contribution in [0.3, 0.4) is 0 Å². The molecule has 0 radical (unpaired) electrons. The molecule has 6 nitrogen and oxygen atoms in total. The maximum absolute atomic E-state index is 13.5. The Hall–Kier alpha value is -2.81. The summed E-state index contributed by atoms with van der Waals surface area (Å²) < 4.78 is 32.2. The molecule has 2 aliphatic heterocycles. The van der Waals surface area contributed by atoms with Crippen molar-refractivity contribution in [3.63, 3.8) is 0 Å². The van der Waals surface area contributed by atoms with Gasteiger partial charge in [0.25, 0.3) is 11.7 Å². The molecule has 0 aromatic heterocycles. The fourth-order valence-electron chi connectivity index (χ4n) is 4.15. The quantitative estimate of drug-likeness (QED) is 0.391. The van der Waals surface area contributed by atoms with Crippen molar-refractivity contribution in [3.8, 4) is 0 Å². The third-order valence-corrected chi connectivity index (χ3v) is 5.82. The van der Waals surface area contributed by atoms with Gasteiger partial charge in [-0.3, -0.25) is 14.5 Å². The van der Waals surface area contributed by atoms with Crippen LogP contribution in [0.15, 0.2) is 54.1 Å². The molecule has 2 heterocycles. The molecule has 9 heteroatoms. The molecule has 1 amide bonds. The van der Waals surface area contributed by atoms with Gasteiger partial charge in [0.2, 0.25) is 0 Å². The molecule has 0 bridgehead atoms. The summed E-state index contributed by atoms with van der Waals surface area (Å²) in [5.41, 5.74) is 0.657. The zero-order valence-electron chi connectivity index (χ0n) is 17.9. The van der Waals surface area contributed by atoms with Crippen LogP contribution in [0.5, 0.6) is 0 Å². The smallest absolute Gasteiger partial charge is 0.295 e. The number of amides is 1. The molecular formula is C24H25ClF2N2O4. The summed E-state index contributed by atoms with van der Waals surface area (Å²) in [6, 6.07) is 9.67. The third-order valence-electron chi connectivity index (χ3n) is 5.82. The molecule has 1 unspecified atom stereocenters. The lowest BCUT2D eigenvalue weighted by molar-refractivity contribution is -0.140. The highest BCUT2D eigenvalue weighted by Crippen LogP contribution is 2.39. The van der Waals surface area contributed by atoms with Gasteiger partial charge in [-0.15, -0.1) is 12.4 Å². The van der Waals surface area contributed by atoms with Crippen molar-refractivity contribution in [2.75, 3.05) is 39.4 Å². The summed E-state index contributed by atoms with van der Waals surface area (Å²) in [6.45, 7) is 3.98. The van der Waals surface area contributed by atoms with E-state index in [0.717, 1.165) is 19.6 Å². The fraction of sp³-hybridized carbons (Fsp3) is 0.333. The number of ketones is 1. The summed E-state index contributed by atoms with van der Waals surface area (Å²) in [5.74, 6) is -2.84. The van der Waals surface area contributed by atoms with Crippen LogP contribution >= 0.6 is 12.4 Å². The maximum atomic E-state index is 13.5. The van der Waals surface area contributed by atoms with Gasteiger partial charge in [-0.05, 0) is 48.4 Å². The van der Waals surface area contributed by atoms with Crippen LogP contribution in [0.4, 0.5) is 8.78 Å². The monoisotopic (exact) mass is 478 g/mol. The number of hydrogen-bond acceptors (Lipinski definition) is 5. The van der Waals surface area contributed by atoms with E-state index < -0.39 is 29.4 Å². The van der Waals surface area contributed by atoms with Crippen molar-refractivity contribution in [3.05, 3.63) is 76.9 Å². The standard InChI is InChI=1S/C24H24F2N2O4.ClH/c25-18-6-2-16(3-7-18)21-20(22(29)17-4-8-19(26)9-5-17)23(30)24(31)28(21)11-1-10-27-12-14-32-15-13-27;/h2-9,21,29H,1,10-15H2;1H. The van der Waals surface area contributed by atoms with E-state index in [4.69, 9.17) is 4.74 Å². The summed E-state index contributed by atoms with van der Waals surface area (Å²) in [6.07, 6.45) is 0.626. The molecule has 2 saturated heterocycles. The molecule has 2 aliphatic rings. The Labute approximate surface area is 196 Å². The van der Waals surface area contributed by atoms with E-state index in [1.165, 1.54) is 53.4 Å². The van der Waals surface area contributed by atoms with Crippen LogP contribution in [0.2, 0.25) is 0 Å². The van der Waals surface area contributed by atoms with Gasteiger partial charge < -0.3 is 14.7 Å². The molecule has 4 rings (SSSR count). The predicted octanol–water partition coefficient (Wildman–Crippen LogP) is 3.53. The van der Waals surface area contributed by atoms with E-state index in [2.05, 4.69) is 4.90 Å². The van der Waals surface area contributed by atoms with E-state index in [1.807, 2.05) is 0 Å². The second-order valence-electron chi connectivity index (χ2n) is 7.86. The van der Waals surface area contributed by atoms with Gasteiger partial charge >= 0.3 is 0 Å². The Morgan fingerprint density at radius 2 is 1.52 bits per heavy atom. The highest BCUT2D eigenvalue weighted by Gasteiger charge is 2.45. The van der Waals surface area contributed by atoms with Crippen molar-refractivity contribution in [2.45, 2.75) is 12.5 Å². The van der Waals surface area contributed by atoms with E-state index >= 15 is 0 Å². The third kappa shape index (κ3) is 5.40. The van der Waals surface area contributed by atoms with Crippen LogP contribution in [-0.4, -0.2) is 66.0 Å². The lowest BCUT2D eigenvalue weighted by Crippen LogP contribution is -2.38. The van der Waals surface area contributed by atoms with Gasteiger partial charge in [0.05, 0.1) is 24.8 Å². The zero-order valence-corrected chi connectivity index (χ0v) is 18.7. The number of carbonyl (C=O) groups excluding carboxylic acids is 2. The number of carbonyl (C=O) groups is 2. The van der Waals surface area contributed by atoms with Crippen LogP contribution in [0, 0.1) is 11.6 Å². The average molecular weight is 479 g/mol. The molecule has 2 fully saturated rings. The Bertz CT molecular complexity index is 1020. The highest BCUT2D eigenvalue weighted by atomic mass is 35.5. The number of aliphatic hydroxyl groups is 1. The first-order valence-corrected chi connectivity index (χ1v) is 10.6. The van der Waals surface area contributed by atoms with Crippen molar-refractivity contribution < 1.29 is 28.2 Å². The van der Waals surface area contributed by atoms with Gasteiger partial charge in [-0.2, -0.15) is 0 Å². The Kier molecular flexibility index (Phi) is 8.18. The van der Waals surface area contributed by atoms with Crippen LogP contribution in [-0.2, 0) is 14.3 Å². The molecule has 1 N–H and O–H groups in total. The van der Waals surface area contributed by atoms with Gasteiger partial charge in [-0.1, -0.05) is 12.1 Å². The molecule has 176 valence electrons. The largest absolute Gasteiger partial charge is 0.507 e. The van der Waals surface area contributed by atoms with E-state index in [-0.39, 0.29) is 29.3 Å². The van der Waals surface area contributed by atoms with Crippen molar-refractivity contribution in [1.82, 2.24) is 9.80 Å². The van der Waals surface area contributed by atoms with E-state index in [0.29, 0.717) is 31.7 Å². The van der Waals surface area contributed by atoms with E-state index in [9.17, 15) is 23.5 Å². The van der Waals surface area contributed by atoms with Gasteiger partial charge in [0.1, 0.15) is 17.4 Å². The minimum atomic E-state index is -0.856. The normalized spacial score (nSPS) is 20.7. The number of aliphatic hydroxyl groups excluding tert-OH is 1. The number of halogens is 3. The lowest BCUT2D eigenvalue weighted by Gasteiger charge is -2.29. The Morgan fingerprint density at radius 1 is 0.939 bits per heavy atom. The molecule has 0 spiro atoms. The molecule has 1 atom stereocenters. The second kappa shape index (κ2) is 10.9. The van der Waals surface area contributed by atoms with Crippen LogP contribution in [0.1, 0.15) is 23.6 Å². The molecule has 0 aliphatic carbocycles. The predicted molar refractivity (Wildman–Crippen MR) is 121 cm³/mol. The van der Waals surface area contributed by atoms with Crippen molar-refractivity contribution in [1.29, 1.82) is 0 Å². The Morgan fingerprint density at radius 3 is 2.12 bits per heavy atom.